The largest absolute Gasteiger partial charge is 0.508 e. The van der Waals surface area contributed by atoms with E-state index in [1.54, 1.807) is 38.1 Å². The predicted octanol–water partition coefficient (Wildman–Crippen LogP) is -3.81. The number of carbonyl (C=O) groups excluding carboxylic acids is 14. The molecule has 27 N–H and O–H groups in total. The van der Waals surface area contributed by atoms with Crippen LogP contribution < -0.4 is 92.5 Å². The van der Waals surface area contributed by atoms with Crippen molar-refractivity contribution in [1.82, 2.24) is 68.7 Å². The van der Waals surface area contributed by atoms with Gasteiger partial charge in [0.2, 0.25) is 82.7 Å². The van der Waals surface area contributed by atoms with Crippen LogP contribution in [0.25, 0.3) is 0 Å². The topological polar surface area (TPSA) is 635 Å². The first kappa shape index (κ1) is 95.0. The molecule has 0 bridgehead atoms. The third-order valence-electron chi connectivity index (χ3n) is 18.8. The molecule has 638 valence electrons. The van der Waals surface area contributed by atoms with E-state index in [9.17, 15) is 87.9 Å². The molecule has 2 aliphatic rings. The molecule has 6 rings (SSSR count). The molecule has 4 aromatic carbocycles. The fourth-order valence-corrected chi connectivity index (χ4v) is 14.8. The molecule has 2 heterocycles. The number of hydrogen-bond donors (Lipinski definition) is 22. The van der Waals surface area contributed by atoms with Gasteiger partial charge in [-0.3, -0.25) is 71.9 Å². The summed E-state index contributed by atoms with van der Waals surface area (Å²) in [6, 6.07) is 3.52. The van der Waals surface area contributed by atoms with Crippen molar-refractivity contribution >= 4 is 122 Å². The molecular formula is C76H105ClN18O20S2. The Morgan fingerprint density at radius 3 is 1.62 bits per heavy atom. The molecule has 2 saturated heterocycles. The van der Waals surface area contributed by atoms with Crippen molar-refractivity contribution in [3.05, 3.63) is 124 Å². The van der Waals surface area contributed by atoms with Gasteiger partial charge in [-0.15, -0.1) is 0 Å². The minimum atomic E-state index is -1.83. The van der Waals surface area contributed by atoms with Gasteiger partial charge in [0.25, 0.3) is 0 Å². The summed E-state index contributed by atoms with van der Waals surface area (Å²) in [6.45, 7) is 3.83. The molecule has 0 aromatic heterocycles. The zero-order chi connectivity index (χ0) is 86.2. The van der Waals surface area contributed by atoms with Crippen molar-refractivity contribution in [3.63, 3.8) is 0 Å². The third-order valence-corrected chi connectivity index (χ3v) is 21.5. The van der Waals surface area contributed by atoms with E-state index in [0.717, 1.165) is 26.5 Å². The number of fused-ring (bicyclic) bond motifs is 1. The number of primary amides is 1. The second-order valence-electron chi connectivity index (χ2n) is 28.6. The van der Waals surface area contributed by atoms with Crippen LogP contribution >= 0.6 is 33.2 Å². The first-order chi connectivity index (χ1) is 55.5. The van der Waals surface area contributed by atoms with E-state index in [0.29, 0.717) is 22.3 Å². The number of benzene rings is 4. The van der Waals surface area contributed by atoms with Crippen molar-refractivity contribution < 1.29 is 97.5 Å². The van der Waals surface area contributed by atoms with Gasteiger partial charge in [-0.1, -0.05) is 109 Å². The number of nitrogens with one attached hydrogen (secondary N) is 12. The molecule has 13 atom stereocenters. The Bertz CT molecular complexity index is 4140. The fourth-order valence-electron chi connectivity index (χ4n) is 12.3. The quantitative estimate of drug-likeness (QED) is 0.0193. The number of carbonyl (C=O) groups is 15. The summed E-state index contributed by atoms with van der Waals surface area (Å²) in [5.41, 5.74) is 30.9. The molecule has 0 aliphatic carbocycles. The number of amides is 14. The van der Waals surface area contributed by atoms with E-state index in [1.165, 1.54) is 73.7 Å². The Balaban J connectivity index is 1.35. The second kappa shape index (κ2) is 47.4. The molecule has 0 radical (unpaired) electrons. The normalized spacial score (nSPS) is 19.4. The summed E-state index contributed by atoms with van der Waals surface area (Å²) in [5.74, 6) is -16.5. The highest BCUT2D eigenvalue weighted by Crippen LogP contribution is 2.28. The average Bonchev–Trinajstić information content (AvgIpc) is 1.68. The number of aliphatic hydroxyl groups is 1. The first-order valence-corrected chi connectivity index (χ1v) is 40.7. The highest BCUT2D eigenvalue weighted by Gasteiger charge is 2.44. The number of carboxylic acids is 1. The highest BCUT2D eigenvalue weighted by atomic mass is 35.5. The Kier molecular flexibility index (Phi) is 38.4. The number of halogens is 1. The SMILES string of the molecule is CC[C@H](NC(=O)[C@H](Cc1ccc(O)cc1)NC(=O)[C@@H]1CSSC[C@H](NC(=O)[C@@H](CCC(=O)O)NC(=O)[C@H](Cc2ccc(O)cc2)NC(=O)[C@@H](N)CCN)C(=O)N2CC(O)CC2C(=O)N[C@@H](Cc2ccc(O)c(Cl)c2)C(=O)NCC(=O)N[C@@H](CC(C)C)C(=O)N1)C(=O)N[C@@H](CCC(N)=O)C(=O)NCc1ccc(CNC(=O)[C@@H](N)CCN)cc1. The number of aliphatic carboxylic acids is 1. The average molecular weight is 1690 g/mol. The van der Waals surface area contributed by atoms with Gasteiger partial charge in [-0.05, 0) is 122 Å². The predicted molar refractivity (Wildman–Crippen MR) is 430 cm³/mol. The van der Waals surface area contributed by atoms with E-state index >= 15 is 9.59 Å². The van der Waals surface area contributed by atoms with Crippen LogP contribution in [-0.4, -0.2) is 235 Å². The van der Waals surface area contributed by atoms with Crippen molar-refractivity contribution in [1.29, 1.82) is 0 Å². The van der Waals surface area contributed by atoms with Gasteiger partial charge in [0.1, 0.15) is 77.7 Å². The lowest BCUT2D eigenvalue weighted by molar-refractivity contribution is -0.142. The Morgan fingerprint density at radius 2 is 1.08 bits per heavy atom. The standard InChI is InChI=1S/C76H105ClN18O20S2/c1-4-51(69(108)88-52(18-21-62(82)100)67(106)84-34-43-7-5-42(6-8-43)33-83-65(104)49(80)23-25-78)87-72(111)57(30-41-11-16-46(97)17-12-41)91-74(113)58-37-116-117-38-59(94-70(109)53(19-22-64(102)103)89-73(112)56(90-66(105)50(81)24-26-79)29-40-9-14-45(96)15-10-40)76(115)95-36-47(98)32-60(95)75(114)92-55(31-44-13-20-61(99)48(77)28-44)68(107)85-35-63(101)86-54(27-39(2)3)71(110)93-58/h5-17,20,28,39,47,49-60,96-99H,4,18-19,21-27,29-38,78-81H2,1-3H3,(H2,82,100)(H,83,104)(H,84,106)(H,85,107)(H,86,101)(H,87,111)(H,88,108)(H,89,112)(H,90,105)(H,91,113)(H,92,114)(H,93,110)(H,94,109)(H,102,103)/t47?,49-,50-,51-,52-,53+,54-,55-,56-,57-,58-,59-,60?/m0/s1. The number of nitrogens with two attached hydrogens (primary N) is 5. The molecule has 14 amide bonds. The van der Waals surface area contributed by atoms with Crippen LogP contribution in [0, 0.1) is 5.92 Å². The lowest BCUT2D eigenvalue weighted by Gasteiger charge is -2.31. The Hall–Kier alpha value is -10.9. The second-order valence-corrected chi connectivity index (χ2v) is 31.6. The van der Waals surface area contributed by atoms with E-state index in [1.807, 2.05) is 0 Å². The van der Waals surface area contributed by atoms with E-state index in [2.05, 4.69) is 63.8 Å². The highest BCUT2D eigenvalue weighted by molar-refractivity contribution is 8.76. The molecule has 38 nitrogen and oxygen atoms in total. The van der Waals surface area contributed by atoms with Gasteiger partial charge in [0, 0.05) is 69.7 Å². The summed E-state index contributed by atoms with van der Waals surface area (Å²) in [5, 5.41) is 82.8. The van der Waals surface area contributed by atoms with Gasteiger partial charge in [0.05, 0.1) is 29.8 Å². The fraction of sp³-hybridized carbons (Fsp3) is 0.487. The van der Waals surface area contributed by atoms with Crippen LogP contribution in [0.1, 0.15) is 106 Å². The number of phenolic OH excluding ortho intramolecular Hbond substituents is 3. The molecule has 0 spiro atoms. The minimum Gasteiger partial charge on any atom is -0.508 e. The molecular weight excluding hydrogens is 1580 g/mol. The maximum Gasteiger partial charge on any atom is 0.303 e. The number of rotatable bonds is 37. The first-order valence-electron chi connectivity index (χ1n) is 37.9. The summed E-state index contributed by atoms with van der Waals surface area (Å²) in [7, 11) is 1.58. The Morgan fingerprint density at radius 1 is 0.573 bits per heavy atom. The van der Waals surface area contributed by atoms with E-state index < -0.39 is 205 Å². The monoisotopic (exact) mass is 1690 g/mol. The van der Waals surface area contributed by atoms with Crippen LogP contribution in [0.3, 0.4) is 0 Å². The maximum absolute atomic E-state index is 15.4. The van der Waals surface area contributed by atoms with Crippen LogP contribution in [-0.2, 0) is 104 Å². The van der Waals surface area contributed by atoms with E-state index in [4.69, 9.17) is 40.3 Å². The molecule has 4 aromatic rings. The maximum atomic E-state index is 15.4. The molecule has 0 saturated carbocycles. The Labute approximate surface area is 687 Å². The van der Waals surface area contributed by atoms with E-state index in [-0.39, 0.29) is 124 Å². The smallest absolute Gasteiger partial charge is 0.303 e. The van der Waals surface area contributed by atoms with Crippen LogP contribution in [0.2, 0.25) is 5.02 Å². The molecule has 2 aliphatic heterocycles. The summed E-state index contributed by atoms with van der Waals surface area (Å²) in [4.78, 5) is 212. The number of phenols is 3. The molecule has 41 heteroatoms. The number of aliphatic hydroxyl groups excluding tert-OH is 1. The van der Waals surface area contributed by atoms with Gasteiger partial charge in [-0.25, -0.2) is 0 Å². The van der Waals surface area contributed by atoms with Crippen molar-refractivity contribution in [2.45, 2.75) is 190 Å². The number of nitrogens with zero attached hydrogens (tertiary/aromatic N) is 1. The third kappa shape index (κ3) is 31.6. The molecule has 117 heavy (non-hydrogen) atoms. The minimum absolute atomic E-state index is 0.0155. The van der Waals surface area contributed by atoms with Gasteiger partial charge >= 0.3 is 5.97 Å². The summed E-state index contributed by atoms with van der Waals surface area (Å²) in [6.07, 6.45) is -4.92. The van der Waals surface area contributed by atoms with Crippen molar-refractivity contribution in [2.24, 2.45) is 34.6 Å². The van der Waals surface area contributed by atoms with Crippen LogP contribution in [0.15, 0.2) is 91.0 Å². The lowest BCUT2D eigenvalue weighted by Crippen LogP contribution is -2.60. The number of hydrogen-bond acceptors (Lipinski definition) is 25. The number of aromatic hydroxyl groups is 3. The number of carboxylic acid groups (broad SMARTS) is 1. The molecule has 2 fully saturated rings. The summed E-state index contributed by atoms with van der Waals surface area (Å²) < 4.78 is 0. The van der Waals surface area contributed by atoms with Gasteiger partial charge in [0.15, 0.2) is 0 Å². The summed E-state index contributed by atoms with van der Waals surface area (Å²) >= 11 is 6.26. The van der Waals surface area contributed by atoms with Gasteiger partial charge < -0.3 is 123 Å². The van der Waals surface area contributed by atoms with Crippen molar-refractivity contribution in [3.8, 4) is 17.2 Å². The zero-order valence-electron chi connectivity index (χ0n) is 64.8. The molecule has 2 unspecified atom stereocenters. The van der Waals surface area contributed by atoms with Crippen LogP contribution in [0.4, 0.5) is 0 Å². The zero-order valence-corrected chi connectivity index (χ0v) is 67.2. The van der Waals surface area contributed by atoms with Gasteiger partial charge in [-0.2, -0.15) is 0 Å². The van der Waals surface area contributed by atoms with Crippen molar-refractivity contribution in [2.75, 3.05) is 37.7 Å². The lowest BCUT2D eigenvalue weighted by atomic mass is 10.0. The van der Waals surface area contributed by atoms with Crippen LogP contribution in [0.5, 0.6) is 17.2 Å².